The fourth-order valence-electron chi connectivity index (χ4n) is 4.52. The summed E-state index contributed by atoms with van der Waals surface area (Å²) in [5.41, 5.74) is 5.03. The van der Waals surface area contributed by atoms with Crippen LogP contribution in [0.25, 0.3) is 11.4 Å². The van der Waals surface area contributed by atoms with Crippen LogP contribution in [0.1, 0.15) is 18.5 Å². The molecule has 1 atom stereocenters. The van der Waals surface area contributed by atoms with Crippen molar-refractivity contribution in [2.24, 2.45) is 5.92 Å². The van der Waals surface area contributed by atoms with Crippen molar-refractivity contribution in [1.29, 1.82) is 0 Å². The monoisotopic (exact) mass is 490 g/mol. The van der Waals surface area contributed by atoms with Gasteiger partial charge in [-0.15, -0.1) is 0 Å². The molecule has 12 nitrogen and oxygen atoms in total. The predicted molar refractivity (Wildman–Crippen MR) is 123 cm³/mol. The molecule has 0 aliphatic carbocycles. The number of carbonyl (C=O) groups is 1. The molecule has 3 aliphatic rings. The van der Waals surface area contributed by atoms with Gasteiger partial charge in [-0.05, 0) is 13.0 Å². The van der Waals surface area contributed by atoms with E-state index in [-0.39, 0.29) is 29.2 Å². The lowest BCUT2D eigenvalue weighted by Gasteiger charge is -2.36. The van der Waals surface area contributed by atoms with E-state index in [1.165, 1.54) is 6.20 Å². The minimum absolute atomic E-state index is 0.00917. The Labute approximate surface area is 200 Å². The number of aromatic nitrogens is 5. The molecular weight excluding hydrogens is 462 g/mol. The summed E-state index contributed by atoms with van der Waals surface area (Å²) in [6, 6.07) is 0. The molecule has 0 spiro atoms. The van der Waals surface area contributed by atoms with Crippen molar-refractivity contribution in [3.8, 4) is 11.4 Å². The summed E-state index contributed by atoms with van der Waals surface area (Å²) in [6.45, 7) is 5.88. The zero-order chi connectivity index (χ0) is 24.4. The molecule has 0 unspecified atom stereocenters. The molecule has 3 N–H and O–H groups in total. The number of piperazine rings is 1. The van der Waals surface area contributed by atoms with E-state index in [0.717, 1.165) is 19.5 Å². The Bertz CT molecular complexity index is 1050. The van der Waals surface area contributed by atoms with E-state index >= 15 is 0 Å². The SMILES string of the molecule is Nc1ncc(-c2nc(N3CCOCC3)nc(N3CCN(C(=O)[C@H]4CCNC4)CC3)n2)c(C(F)F)n1. The topological polar surface area (TPSA) is 139 Å². The predicted octanol–water partition coefficient (Wildman–Crippen LogP) is -0.0569. The van der Waals surface area contributed by atoms with E-state index in [1.54, 1.807) is 0 Å². The molecule has 3 aliphatic heterocycles. The van der Waals surface area contributed by atoms with Gasteiger partial charge in [0.15, 0.2) is 5.82 Å². The normalized spacial score (nSPS) is 21.1. The molecular formula is C21H28F2N10O2. The van der Waals surface area contributed by atoms with E-state index in [9.17, 15) is 13.6 Å². The van der Waals surface area contributed by atoms with Crippen LogP contribution in [0.5, 0.6) is 0 Å². The summed E-state index contributed by atoms with van der Waals surface area (Å²) in [6.07, 6.45) is -0.797. The summed E-state index contributed by atoms with van der Waals surface area (Å²) in [5.74, 6) is 0.744. The number of hydrogen-bond acceptors (Lipinski definition) is 11. The summed E-state index contributed by atoms with van der Waals surface area (Å²) < 4.78 is 32.9. The maximum absolute atomic E-state index is 13.8. The number of ether oxygens (including phenoxy) is 1. The van der Waals surface area contributed by atoms with E-state index in [0.29, 0.717) is 64.4 Å². The van der Waals surface area contributed by atoms with E-state index in [4.69, 9.17) is 10.5 Å². The molecule has 2 aromatic rings. The number of carbonyl (C=O) groups excluding carboxylic acids is 1. The molecule has 0 aromatic carbocycles. The molecule has 35 heavy (non-hydrogen) atoms. The van der Waals surface area contributed by atoms with Crippen LogP contribution in [-0.2, 0) is 9.53 Å². The number of halogens is 2. The fourth-order valence-corrected chi connectivity index (χ4v) is 4.52. The second-order valence-corrected chi connectivity index (χ2v) is 8.69. The van der Waals surface area contributed by atoms with Crippen LogP contribution in [0.4, 0.5) is 26.6 Å². The number of hydrogen-bond donors (Lipinski definition) is 2. The second kappa shape index (κ2) is 10.2. The molecule has 5 rings (SSSR count). The molecule has 0 bridgehead atoms. The summed E-state index contributed by atoms with van der Waals surface area (Å²) in [7, 11) is 0. The molecule has 188 valence electrons. The second-order valence-electron chi connectivity index (χ2n) is 8.69. The van der Waals surface area contributed by atoms with Gasteiger partial charge < -0.3 is 30.5 Å². The average Bonchev–Trinajstić information content (AvgIpc) is 3.44. The van der Waals surface area contributed by atoms with Crippen molar-refractivity contribution in [2.45, 2.75) is 12.8 Å². The van der Waals surface area contributed by atoms with Gasteiger partial charge in [0.05, 0.1) is 24.7 Å². The van der Waals surface area contributed by atoms with Gasteiger partial charge in [0, 0.05) is 52.0 Å². The minimum Gasteiger partial charge on any atom is -0.378 e. The molecule has 1 amide bonds. The quantitative estimate of drug-likeness (QED) is 0.583. The Morgan fingerprint density at radius 3 is 2.34 bits per heavy atom. The highest BCUT2D eigenvalue weighted by Gasteiger charge is 2.31. The summed E-state index contributed by atoms with van der Waals surface area (Å²) >= 11 is 0. The molecule has 14 heteroatoms. The first-order valence-electron chi connectivity index (χ1n) is 11.7. The van der Waals surface area contributed by atoms with Crippen molar-refractivity contribution in [1.82, 2.24) is 35.1 Å². The van der Waals surface area contributed by atoms with Gasteiger partial charge in [0.25, 0.3) is 6.43 Å². The highest BCUT2D eigenvalue weighted by atomic mass is 19.3. The van der Waals surface area contributed by atoms with Gasteiger partial charge in [-0.25, -0.2) is 18.7 Å². The molecule has 3 fully saturated rings. The number of anilines is 3. The van der Waals surface area contributed by atoms with Gasteiger partial charge in [-0.1, -0.05) is 0 Å². The van der Waals surface area contributed by atoms with Gasteiger partial charge in [-0.2, -0.15) is 15.0 Å². The van der Waals surface area contributed by atoms with Crippen LogP contribution < -0.4 is 20.9 Å². The Balaban J connectivity index is 1.43. The first kappa shape index (κ1) is 23.5. The first-order chi connectivity index (χ1) is 17.0. The third-order valence-corrected chi connectivity index (χ3v) is 6.47. The lowest BCUT2D eigenvalue weighted by molar-refractivity contribution is -0.135. The fraction of sp³-hybridized carbons (Fsp3) is 0.619. The number of amides is 1. The zero-order valence-electron chi connectivity index (χ0n) is 19.2. The standard InChI is InChI=1S/C21H28F2N10O2/c22-16(23)15-14(12-26-19(24)27-15)17-28-20(30-21(29-17)33-7-9-35-10-8-33)32-5-3-31(4-6-32)18(34)13-1-2-25-11-13/h12-13,16,25H,1-11H2,(H2,24,26,27)/t13-/m0/s1. The highest BCUT2D eigenvalue weighted by molar-refractivity contribution is 5.79. The maximum atomic E-state index is 13.8. The Morgan fingerprint density at radius 2 is 1.71 bits per heavy atom. The third kappa shape index (κ3) is 5.07. The molecule has 0 radical (unpaired) electrons. The summed E-state index contributed by atoms with van der Waals surface area (Å²) in [5, 5.41) is 3.23. The van der Waals surface area contributed by atoms with Crippen LogP contribution in [0.2, 0.25) is 0 Å². The van der Waals surface area contributed by atoms with Crippen LogP contribution in [0.15, 0.2) is 6.20 Å². The Kier molecular flexibility index (Phi) is 6.81. The molecule has 3 saturated heterocycles. The van der Waals surface area contributed by atoms with Crippen molar-refractivity contribution < 1.29 is 18.3 Å². The number of nitrogens with two attached hydrogens (primary N) is 1. The number of nitrogen functional groups attached to an aromatic ring is 1. The number of nitrogens with zero attached hydrogens (tertiary/aromatic N) is 8. The van der Waals surface area contributed by atoms with E-state index < -0.39 is 12.1 Å². The van der Waals surface area contributed by atoms with E-state index in [2.05, 4.69) is 30.2 Å². The highest BCUT2D eigenvalue weighted by Crippen LogP contribution is 2.30. The maximum Gasteiger partial charge on any atom is 0.281 e. The molecule has 5 heterocycles. The number of rotatable bonds is 5. The van der Waals surface area contributed by atoms with Crippen LogP contribution in [-0.4, -0.2) is 101 Å². The van der Waals surface area contributed by atoms with Crippen molar-refractivity contribution in [3.05, 3.63) is 11.9 Å². The smallest absolute Gasteiger partial charge is 0.281 e. The lowest BCUT2D eigenvalue weighted by atomic mass is 10.1. The van der Waals surface area contributed by atoms with Crippen molar-refractivity contribution >= 4 is 23.8 Å². The molecule has 2 aromatic heterocycles. The number of alkyl halides is 2. The largest absolute Gasteiger partial charge is 0.378 e. The number of morpholine rings is 1. The third-order valence-electron chi connectivity index (χ3n) is 6.47. The van der Waals surface area contributed by atoms with Gasteiger partial charge in [-0.3, -0.25) is 4.79 Å². The van der Waals surface area contributed by atoms with Crippen LogP contribution in [0, 0.1) is 5.92 Å². The van der Waals surface area contributed by atoms with Crippen molar-refractivity contribution in [3.63, 3.8) is 0 Å². The average molecular weight is 491 g/mol. The lowest BCUT2D eigenvalue weighted by Crippen LogP contribution is -2.51. The van der Waals surface area contributed by atoms with Crippen LogP contribution >= 0.6 is 0 Å². The Hall–Kier alpha value is -3.26. The van der Waals surface area contributed by atoms with Crippen molar-refractivity contribution in [2.75, 3.05) is 81.1 Å². The Morgan fingerprint density at radius 1 is 1.03 bits per heavy atom. The molecule has 0 saturated carbocycles. The van der Waals surface area contributed by atoms with Gasteiger partial charge >= 0.3 is 0 Å². The van der Waals surface area contributed by atoms with Gasteiger partial charge in [0.1, 0.15) is 5.69 Å². The minimum atomic E-state index is -2.87. The first-order valence-corrected chi connectivity index (χ1v) is 11.7. The zero-order valence-corrected chi connectivity index (χ0v) is 19.2. The summed E-state index contributed by atoms with van der Waals surface area (Å²) in [4.78, 5) is 39.8. The van der Waals surface area contributed by atoms with E-state index in [1.807, 2.05) is 14.7 Å². The number of nitrogens with one attached hydrogen (secondary N) is 1. The van der Waals surface area contributed by atoms with Crippen LogP contribution in [0.3, 0.4) is 0 Å². The van der Waals surface area contributed by atoms with Gasteiger partial charge in [0.2, 0.25) is 23.8 Å².